The molecule has 1 nitrogen and oxygen atoms in total. The molecule has 110 valence electrons. The van der Waals surface area contributed by atoms with E-state index < -0.39 is 0 Å². The molecular weight excluding hydrogens is 218 g/mol. The van der Waals surface area contributed by atoms with E-state index in [2.05, 4.69) is 18.9 Å². The zero-order valence-corrected chi connectivity index (χ0v) is 13.9. The van der Waals surface area contributed by atoms with Crippen molar-refractivity contribution < 1.29 is 0 Å². The van der Waals surface area contributed by atoms with Crippen molar-refractivity contribution in [3.8, 4) is 0 Å². The van der Waals surface area contributed by atoms with Gasteiger partial charge in [-0.15, -0.1) is 0 Å². The number of hydrogen-bond donors (Lipinski definition) is 0. The van der Waals surface area contributed by atoms with Gasteiger partial charge in [0.05, 0.1) is 0 Å². The predicted molar refractivity (Wildman–Crippen MR) is 84.1 cm³/mol. The summed E-state index contributed by atoms with van der Waals surface area (Å²) in [6, 6.07) is 0. The van der Waals surface area contributed by atoms with Gasteiger partial charge in [0.1, 0.15) is 0 Å². The Hall–Kier alpha value is -0.0400. The molecular formula is C17H37N. The molecule has 2 rings (SSSR count). The second kappa shape index (κ2) is 9.83. The highest BCUT2D eigenvalue weighted by atomic mass is 15.1. The van der Waals surface area contributed by atoms with Gasteiger partial charge in [-0.05, 0) is 50.6 Å². The highest BCUT2D eigenvalue weighted by Gasteiger charge is 2.36. The molecule has 1 saturated heterocycles. The van der Waals surface area contributed by atoms with Crippen molar-refractivity contribution in [2.24, 2.45) is 11.3 Å². The van der Waals surface area contributed by atoms with E-state index in [1.54, 1.807) is 0 Å². The van der Waals surface area contributed by atoms with Gasteiger partial charge in [0.2, 0.25) is 0 Å². The quantitative estimate of drug-likeness (QED) is 0.564. The van der Waals surface area contributed by atoms with E-state index >= 15 is 0 Å². The van der Waals surface area contributed by atoms with Gasteiger partial charge in [-0.25, -0.2) is 0 Å². The van der Waals surface area contributed by atoms with Crippen molar-refractivity contribution in [1.82, 2.24) is 4.90 Å². The summed E-state index contributed by atoms with van der Waals surface area (Å²) in [5.74, 6) is 0.976. The van der Waals surface area contributed by atoms with E-state index in [-0.39, 0.29) is 0 Å². The fraction of sp³-hybridized carbons (Fsp3) is 1.00. The van der Waals surface area contributed by atoms with Crippen molar-refractivity contribution in [2.75, 3.05) is 20.1 Å². The lowest BCUT2D eigenvalue weighted by Gasteiger charge is -2.42. The first-order valence-electron chi connectivity index (χ1n) is 8.39. The third-order valence-corrected chi connectivity index (χ3v) is 4.29. The van der Waals surface area contributed by atoms with Crippen LogP contribution in [0.3, 0.4) is 0 Å². The molecule has 0 aromatic carbocycles. The molecule has 0 N–H and O–H groups in total. The Morgan fingerprint density at radius 1 is 0.944 bits per heavy atom. The van der Waals surface area contributed by atoms with Crippen LogP contribution in [0, 0.1) is 11.3 Å². The fourth-order valence-corrected chi connectivity index (χ4v) is 3.76. The normalized spacial score (nSPS) is 32.7. The SMILES string of the molecule is CC.CC.CC1CCCCC2(CCCN(C)C2)C1. The van der Waals surface area contributed by atoms with Crippen LogP contribution in [0.5, 0.6) is 0 Å². The minimum atomic E-state index is 0.711. The number of likely N-dealkylation sites (tertiary alicyclic amines) is 1. The first-order valence-corrected chi connectivity index (χ1v) is 8.39. The minimum Gasteiger partial charge on any atom is -0.306 e. The Balaban J connectivity index is 0.000000659. The van der Waals surface area contributed by atoms with Gasteiger partial charge in [-0.3, -0.25) is 0 Å². The lowest BCUT2D eigenvalue weighted by Crippen LogP contribution is -2.41. The molecule has 1 heterocycles. The largest absolute Gasteiger partial charge is 0.306 e. The summed E-state index contributed by atoms with van der Waals surface area (Å²) in [7, 11) is 2.30. The number of nitrogens with zero attached hydrogens (tertiary/aromatic N) is 1. The first-order chi connectivity index (χ1) is 8.70. The van der Waals surface area contributed by atoms with Crippen molar-refractivity contribution >= 4 is 0 Å². The smallest absolute Gasteiger partial charge is 0.00350 e. The van der Waals surface area contributed by atoms with Crippen molar-refractivity contribution in [2.45, 2.75) is 79.6 Å². The zero-order chi connectivity index (χ0) is 14.0. The molecule has 2 fully saturated rings. The molecule has 1 saturated carbocycles. The summed E-state index contributed by atoms with van der Waals surface area (Å²) < 4.78 is 0. The molecule has 1 aliphatic heterocycles. The Labute approximate surface area is 116 Å². The predicted octanol–water partition coefficient (Wildman–Crippen LogP) is 5.35. The molecule has 0 aromatic rings. The number of rotatable bonds is 0. The lowest BCUT2D eigenvalue weighted by molar-refractivity contribution is 0.0811. The Morgan fingerprint density at radius 3 is 2.17 bits per heavy atom. The Kier molecular flexibility index (Phi) is 9.81. The fourth-order valence-electron chi connectivity index (χ4n) is 3.76. The van der Waals surface area contributed by atoms with Crippen LogP contribution in [0.25, 0.3) is 0 Å². The highest BCUT2D eigenvalue weighted by molar-refractivity contribution is 4.89. The van der Waals surface area contributed by atoms with Crippen LogP contribution in [0.15, 0.2) is 0 Å². The van der Waals surface area contributed by atoms with Crippen molar-refractivity contribution in [3.05, 3.63) is 0 Å². The number of piperidine rings is 1. The first kappa shape index (κ1) is 18.0. The van der Waals surface area contributed by atoms with Crippen LogP contribution in [-0.4, -0.2) is 25.0 Å². The number of hydrogen-bond acceptors (Lipinski definition) is 1. The second-order valence-electron chi connectivity index (χ2n) is 5.90. The molecule has 0 radical (unpaired) electrons. The lowest BCUT2D eigenvalue weighted by atomic mass is 9.72. The van der Waals surface area contributed by atoms with Crippen LogP contribution < -0.4 is 0 Å². The van der Waals surface area contributed by atoms with Gasteiger partial charge in [-0.1, -0.05) is 53.9 Å². The van der Waals surface area contributed by atoms with E-state index in [4.69, 9.17) is 0 Å². The van der Waals surface area contributed by atoms with Gasteiger partial charge in [0.25, 0.3) is 0 Å². The second-order valence-corrected chi connectivity index (χ2v) is 5.90. The van der Waals surface area contributed by atoms with E-state index in [9.17, 15) is 0 Å². The maximum atomic E-state index is 2.56. The standard InChI is InChI=1S/C13H25N.2C2H6/c1-12-6-3-4-7-13(10-12)8-5-9-14(2)11-13;2*1-2/h12H,3-11H2,1-2H3;2*1-2H3. The van der Waals surface area contributed by atoms with Crippen LogP contribution in [-0.2, 0) is 0 Å². The van der Waals surface area contributed by atoms with Gasteiger partial charge >= 0.3 is 0 Å². The Morgan fingerprint density at radius 2 is 1.56 bits per heavy atom. The summed E-state index contributed by atoms with van der Waals surface area (Å²) >= 11 is 0. The van der Waals surface area contributed by atoms with E-state index in [1.807, 2.05) is 27.7 Å². The maximum Gasteiger partial charge on any atom is 0.00350 e. The van der Waals surface area contributed by atoms with Gasteiger partial charge in [0.15, 0.2) is 0 Å². The van der Waals surface area contributed by atoms with Crippen molar-refractivity contribution in [1.29, 1.82) is 0 Å². The monoisotopic (exact) mass is 255 g/mol. The maximum absolute atomic E-state index is 2.56. The molecule has 1 spiro atoms. The third kappa shape index (κ3) is 5.73. The molecule has 2 aliphatic rings. The van der Waals surface area contributed by atoms with Crippen LogP contribution >= 0.6 is 0 Å². The molecule has 1 aliphatic carbocycles. The van der Waals surface area contributed by atoms with E-state index in [0.717, 1.165) is 5.92 Å². The van der Waals surface area contributed by atoms with Crippen molar-refractivity contribution in [3.63, 3.8) is 0 Å². The summed E-state index contributed by atoms with van der Waals surface area (Å²) in [4.78, 5) is 2.56. The van der Waals surface area contributed by atoms with Crippen LogP contribution in [0.4, 0.5) is 0 Å². The average Bonchev–Trinajstić information content (AvgIpc) is 2.56. The summed E-state index contributed by atoms with van der Waals surface area (Å²) in [5.41, 5.74) is 0.711. The van der Waals surface area contributed by atoms with Crippen LogP contribution in [0.1, 0.15) is 79.6 Å². The van der Waals surface area contributed by atoms with Gasteiger partial charge in [0, 0.05) is 6.54 Å². The van der Waals surface area contributed by atoms with Crippen LogP contribution in [0.2, 0.25) is 0 Å². The third-order valence-electron chi connectivity index (χ3n) is 4.29. The molecule has 18 heavy (non-hydrogen) atoms. The van der Waals surface area contributed by atoms with Gasteiger partial charge in [-0.2, -0.15) is 0 Å². The van der Waals surface area contributed by atoms with E-state index in [1.165, 1.54) is 58.0 Å². The topological polar surface area (TPSA) is 3.24 Å². The van der Waals surface area contributed by atoms with Gasteiger partial charge < -0.3 is 4.90 Å². The molecule has 0 bridgehead atoms. The molecule has 2 atom stereocenters. The van der Waals surface area contributed by atoms with E-state index in [0.29, 0.717) is 5.41 Å². The molecule has 0 amide bonds. The average molecular weight is 255 g/mol. The highest BCUT2D eigenvalue weighted by Crippen LogP contribution is 2.43. The minimum absolute atomic E-state index is 0.711. The Bertz CT molecular complexity index is 190. The molecule has 0 aromatic heterocycles. The molecule has 1 heteroatoms. The summed E-state index contributed by atoms with van der Waals surface area (Å²) in [6.07, 6.45) is 10.4. The summed E-state index contributed by atoms with van der Waals surface area (Å²) in [5, 5.41) is 0. The molecule has 2 unspecified atom stereocenters. The summed E-state index contributed by atoms with van der Waals surface area (Å²) in [6.45, 7) is 13.2. The zero-order valence-electron chi connectivity index (χ0n) is 13.9.